The van der Waals surface area contributed by atoms with E-state index >= 15 is 0 Å². The fourth-order valence-electron chi connectivity index (χ4n) is 2.69. The van der Waals surface area contributed by atoms with Crippen LogP contribution >= 0.6 is 11.6 Å². The average Bonchev–Trinajstić information content (AvgIpc) is 2.69. The van der Waals surface area contributed by atoms with E-state index in [1.807, 2.05) is 6.08 Å². The molecule has 2 aromatic rings. The highest BCUT2D eigenvalue weighted by Crippen LogP contribution is 2.35. The number of hydrogen-bond acceptors (Lipinski definition) is 4. The van der Waals surface area contributed by atoms with E-state index in [1.54, 1.807) is 55.5 Å². The minimum Gasteiger partial charge on any atom is -0.487 e. The van der Waals surface area contributed by atoms with E-state index in [2.05, 4.69) is 4.98 Å². The molecular weight excluding hydrogens is 397 g/mol. The number of aliphatic carboxylic acids is 1. The third-order valence-electron chi connectivity index (χ3n) is 4.29. The third kappa shape index (κ3) is 5.45. The zero-order valence-electron chi connectivity index (χ0n) is 15.6. The highest BCUT2D eigenvalue weighted by molar-refractivity contribution is 6.26. The number of allylic oxidation sites excluding steroid dienone is 3. The van der Waals surface area contributed by atoms with Crippen LogP contribution in [0, 0.1) is 11.7 Å². The minimum absolute atomic E-state index is 0.0871. The number of carbonyl (C=O) groups is 1. The lowest BCUT2D eigenvalue weighted by Gasteiger charge is -2.29. The summed E-state index contributed by atoms with van der Waals surface area (Å²) in [6.45, 7) is 1.88. The second-order valence-corrected chi connectivity index (χ2v) is 7.00. The molecule has 0 spiro atoms. The molecule has 3 rings (SSSR count). The zero-order chi connectivity index (χ0) is 20.9. The normalized spacial score (nSPS) is 21.1. The summed E-state index contributed by atoms with van der Waals surface area (Å²) in [4.78, 5) is 14.8. The largest absolute Gasteiger partial charge is 0.487 e. The average molecular weight is 416 g/mol. The first-order valence-corrected chi connectivity index (χ1v) is 9.23. The number of aromatic nitrogens is 1. The number of benzene rings is 1. The van der Waals surface area contributed by atoms with Crippen LogP contribution in [0.25, 0.3) is 0 Å². The molecule has 7 heteroatoms. The summed E-state index contributed by atoms with van der Waals surface area (Å²) in [5.74, 6) is -0.759. The molecule has 0 saturated heterocycles. The molecule has 5 nitrogen and oxygen atoms in total. The predicted molar refractivity (Wildman–Crippen MR) is 107 cm³/mol. The van der Waals surface area contributed by atoms with Crippen LogP contribution in [0.1, 0.15) is 12.5 Å². The second-order valence-electron chi connectivity index (χ2n) is 6.44. The maximum atomic E-state index is 13.6. The van der Waals surface area contributed by atoms with Gasteiger partial charge in [0, 0.05) is 23.6 Å². The van der Waals surface area contributed by atoms with Crippen molar-refractivity contribution >= 4 is 17.6 Å². The summed E-state index contributed by atoms with van der Waals surface area (Å²) in [7, 11) is 0. The molecule has 0 radical (unpaired) electrons. The van der Waals surface area contributed by atoms with Crippen molar-refractivity contribution in [3.05, 3.63) is 89.9 Å². The maximum Gasteiger partial charge on any atom is 0.328 e. The van der Waals surface area contributed by atoms with E-state index < -0.39 is 11.0 Å². The fourth-order valence-corrected chi connectivity index (χ4v) is 2.91. The fraction of sp³-hybridized carbons (Fsp3) is 0.182. The molecule has 0 aliphatic heterocycles. The third-order valence-corrected chi connectivity index (χ3v) is 4.79. The van der Waals surface area contributed by atoms with Gasteiger partial charge < -0.3 is 14.6 Å². The molecule has 1 aliphatic rings. The van der Waals surface area contributed by atoms with Gasteiger partial charge in [-0.15, -0.1) is 0 Å². The summed E-state index contributed by atoms with van der Waals surface area (Å²) in [6, 6.07) is 9.66. The lowest BCUT2D eigenvalue weighted by Crippen LogP contribution is -2.31. The van der Waals surface area contributed by atoms with Gasteiger partial charge in [0.2, 0.25) is 10.9 Å². The Morgan fingerprint density at radius 3 is 2.79 bits per heavy atom. The number of ether oxygens (including phenoxy) is 2. The summed E-state index contributed by atoms with van der Waals surface area (Å²) in [5.41, 5.74) is 1.16. The van der Waals surface area contributed by atoms with E-state index in [4.69, 9.17) is 26.2 Å². The molecule has 1 aromatic carbocycles. The van der Waals surface area contributed by atoms with Gasteiger partial charge in [-0.3, -0.25) is 0 Å². The van der Waals surface area contributed by atoms with Gasteiger partial charge in [0.05, 0.1) is 6.20 Å². The maximum absolute atomic E-state index is 13.6. The predicted octanol–water partition coefficient (Wildman–Crippen LogP) is 4.89. The van der Waals surface area contributed by atoms with Crippen LogP contribution in [-0.2, 0) is 11.4 Å². The van der Waals surface area contributed by atoms with Crippen molar-refractivity contribution in [3.63, 3.8) is 0 Å². The topological polar surface area (TPSA) is 68.7 Å². The Hall–Kier alpha value is -3.12. The number of carboxylic acid groups (broad SMARTS) is 1. The van der Waals surface area contributed by atoms with Gasteiger partial charge in [-0.25, -0.2) is 14.2 Å². The lowest BCUT2D eigenvalue weighted by atomic mass is 9.95. The lowest BCUT2D eigenvalue weighted by molar-refractivity contribution is -0.131. The van der Waals surface area contributed by atoms with E-state index in [-0.39, 0.29) is 24.2 Å². The Labute approximate surface area is 172 Å². The zero-order valence-corrected chi connectivity index (χ0v) is 16.3. The first kappa shape index (κ1) is 20.6. The van der Waals surface area contributed by atoms with Gasteiger partial charge in [-0.1, -0.05) is 48.0 Å². The second kappa shape index (κ2) is 8.92. The molecule has 0 saturated carbocycles. The number of nitrogens with zero attached hydrogens (tertiary/aromatic N) is 1. The van der Waals surface area contributed by atoms with Gasteiger partial charge in [0.15, 0.2) is 0 Å². The van der Waals surface area contributed by atoms with Gasteiger partial charge in [-0.05, 0) is 30.7 Å². The smallest absolute Gasteiger partial charge is 0.328 e. The van der Waals surface area contributed by atoms with Crippen LogP contribution in [0.5, 0.6) is 11.6 Å². The summed E-state index contributed by atoms with van der Waals surface area (Å²) < 4.78 is 25.0. The number of carboxylic acids is 1. The van der Waals surface area contributed by atoms with Gasteiger partial charge in [0.1, 0.15) is 18.2 Å². The molecule has 2 atom stereocenters. The van der Waals surface area contributed by atoms with Crippen molar-refractivity contribution in [1.29, 1.82) is 0 Å². The van der Waals surface area contributed by atoms with Crippen molar-refractivity contribution in [2.75, 3.05) is 0 Å². The minimum atomic E-state index is -1.21. The number of pyridine rings is 1. The number of hydrogen-bond donors (Lipinski definition) is 1. The first-order chi connectivity index (χ1) is 13.9. The summed E-state index contributed by atoms with van der Waals surface area (Å²) in [5, 5.41) is 7.51. The molecule has 2 unspecified atom stereocenters. The van der Waals surface area contributed by atoms with Crippen LogP contribution in [0.4, 0.5) is 4.39 Å². The molecule has 150 valence electrons. The SMILES string of the molecule is CC1=CC(/C=C/C(=O)O)C=CC1(Cl)Oc1ccc(OCc2ccccc2F)cn1. The highest BCUT2D eigenvalue weighted by Gasteiger charge is 2.32. The number of halogens is 2. The Morgan fingerprint density at radius 2 is 2.14 bits per heavy atom. The monoisotopic (exact) mass is 415 g/mol. The molecule has 1 aromatic heterocycles. The summed E-state index contributed by atoms with van der Waals surface area (Å²) in [6.07, 6.45) is 9.34. The van der Waals surface area contributed by atoms with Crippen molar-refractivity contribution in [1.82, 2.24) is 4.98 Å². The standard InChI is InChI=1S/C22H19ClFNO4/c1-15-12-16(6-9-21(26)27)10-11-22(15,23)29-20-8-7-18(13-25-20)28-14-17-4-2-3-5-19(17)24/h2-13,16H,14H2,1H3,(H,26,27)/b9-6+. The van der Waals surface area contributed by atoms with E-state index in [1.165, 1.54) is 12.3 Å². The number of rotatable bonds is 7. The van der Waals surface area contributed by atoms with Crippen molar-refractivity contribution in [3.8, 4) is 11.6 Å². The Morgan fingerprint density at radius 1 is 1.34 bits per heavy atom. The van der Waals surface area contributed by atoms with Crippen LogP contribution < -0.4 is 9.47 Å². The van der Waals surface area contributed by atoms with E-state index in [9.17, 15) is 9.18 Å². The summed E-state index contributed by atoms with van der Waals surface area (Å²) >= 11 is 6.56. The molecule has 0 fully saturated rings. The van der Waals surface area contributed by atoms with Crippen molar-refractivity contribution in [2.24, 2.45) is 5.92 Å². The molecule has 29 heavy (non-hydrogen) atoms. The van der Waals surface area contributed by atoms with Gasteiger partial charge in [-0.2, -0.15) is 0 Å². The van der Waals surface area contributed by atoms with Crippen LogP contribution in [0.2, 0.25) is 0 Å². The highest BCUT2D eigenvalue weighted by atomic mass is 35.5. The molecule has 1 heterocycles. The van der Waals surface area contributed by atoms with E-state index in [0.717, 1.165) is 6.08 Å². The molecule has 0 bridgehead atoms. The molecular formula is C22H19ClFNO4. The van der Waals surface area contributed by atoms with E-state index in [0.29, 0.717) is 16.9 Å². The molecule has 0 amide bonds. The first-order valence-electron chi connectivity index (χ1n) is 8.85. The van der Waals surface area contributed by atoms with Crippen LogP contribution in [-0.4, -0.2) is 21.1 Å². The van der Waals surface area contributed by atoms with Crippen molar-refractivity contribution < 1.29 is 23.8 Å². The molecule has 1 N–H and O–H groups in total. The Kier molecular flexibility index (Phi) is 6.34. The Bertz CT molecular complexity index is 971. The quantitative estimate of drug-likeness (QED) is 0.396. The Balaban J connectivity index is 1.62. The van der Waals surface area contributed by atoms with Crippen LogP contribution in [0.3, 0.4) is 0 Å². The van der Waals surface area contributed by atoms with Gasteiger partial charge in [0.25, 0.3) is 0 Å². The van der Waals surface area contributed by atoms with Crippen molar-refractivity contribution in [2.45, 2.75) is 18.6 Å². The van der Waals surface area contributed by atoms with Crippen LogP contribution in [0.15, 0.2) is 78.5 Å². The van der Waals surface area contributed by atoms with Gasteiger partial charge >= 0.3 is 5.97 Å². The molecule has 1 aliphatic carbocycles. The number of alkyl halides is 1.